The largest absolute Gasteiger partial charge is 0.323 e. The van der Waals surface area contributed by atoms with Crippen LogP contribution in [0, 0.1) is 6.92 Å². The molecular weight excluding hydrogens is 506 g/mol. The number of hydrogen-bond donors (Lipinski definition) is 1. The molecule has 144 valence electrons. The maximum Gasteiger partial charge on any atom is 0.234 e. The van der Waals surface area contributed by atoms with Crippen LogP contribution >= 0.6 is 43.6 Å². The first-order valence-electron chi connectivity index (χ1n) is 8.32. The highest BCUT2D eigenvalue weighted by atomic mass is 79.9. The van der Waals surface area contributed by atoms with Gasteiger partial charge in [0.2, 0.25) is 5.91 Å². The lowest BCUT2D eigenvalue weighted by Gasteiger charge is -2.11. The number of hydrogen-bond acceptors (Lipinski definition) is 5. The Morgan fingerprint density at radius 1 is 1.25 bits per heavy atom. The Labute approximate surface area is 184 Å². The summed E-state index contributed by atoms with van der Waals surface area (Å²) in [5.41, 5.74) is 2.71. The van der Waals surface area contributed by atoms with Gasteiger partial charge < -0.3 is 5.32 Å². The SMILES string of the molecule is C=CCn1c(SCC(=O)Nc2c(Br)cc(C)cc2Br)nnc1-c1ccncc1. The molecule has 1 aromatic carbocycles. The van der Waals surface area contributed by atoms with E-state index in [0.717, 1.165) is 20.1 Å². The molecule has 3 rings (SSSR count). The van der Waals surface area contributed by atoms with Gasteiger partial charge in [-0.05, 0) is 68.6 Å². The maximum atomic E-state index is 12.5. The Balaban J connectivity index is 1.73. The number of nitrogens with one attached hydrogen (secondary N) is 1. The number of aromatic nitrogens is 4. The number of aryl methyl sites for hydroxylation is 1. The van der Waals surface area contributed by atoms with Crippen molar-refractivity contribution in [2.24, 2.45) is 0 Å². The van der Waals surface area contributed by atoms with Crippen LogP contribution in [0.5, 0.6) is 0 Å². The Bertz CT molecular complexity index is 984. The third-order valence-electron chi connectivity index (χ3n) is 3.75. The zero-order chi connectivity index (χ0) is 20.1. The number of benzene rings is 1. The molecule has 0 spiro atoms. The van der Waals surface area contributed by atoms with Gasteiger partial charge in [-0.15, -0.1) is 16.8 Å². The van der Waals surface area contributed by atoms with E-state index in [-0.39, 0.29) is 11.7 Å². The molecule has 0 fully saturated rings. The minimum atomic E-state index is -0.131. The first kappa shape index (κ1) is 20.8. The molecule has 1 amide bonds. The first-order valence-corrected chi connectivity index (χ1v) is 10.9. The molecule has 0 unspecified atom stereocenters. The number of carbonyl (C=O) groups excluding carboxylic acids is 1. The Kier molecular flexibility index (Phi) is 7.03. The van der Waals surface area contributed by atoms with Crippen molar-refractivity contribution in [2.75, 3.05) is 11.1 Å². The zero-order valence-corrected chi connectivity index (χ0v) is 19.0. The van der Waals surface area contributed by atoms with Crippen LogP contribution in [0.3, 0.4) is 0 Å². The molecule has 1 N–H and O–H groups in total. The number of rotatable bonds is 7. The van der Waals surface area contributed by atoms with E-state index in [4.69, 9.17) is 0 Å². The number of anilines is 1. The van der Waals surface area contributed by atoms with Gasteiger partial charge in [-0.2, -0.15) is 0 Å². The summed E-state index contributed by atoms with van der Waals surface area (Å²) < 4.78 is 3.58. The van der Waals surface area contributed by atoms with Crippen molar-refractivity contribution in [1.82, 2.24) is 19.7 Å². The molecule has 3 aromatic rings. The molecule has 28 heavy (non-hydrogen) atoms. The van der Waals surface area contributed by atoms with Crippen LogP contribution in [0.4, 0.5) is 5.69 Å². The second kappa shape index (κ2) is 9.49. The zero-order valence-electron chi connectivity index (χ0n) is 15.0. The van der Waals surface area contributed by atoms with Gasteiger partial charge in [0.15, 0.2) is 11.0 Å². The second-order valence-corrected chi connectivity index (χ2v) is 8.53. The molecule has 0 aliphatic heterocycles. The third kappa shape index (κ3) is 4.89. The predicted molar refractivity (Wildman–Crippen MR) is 119 cm³/mol. The summed E-state index contributed by atoms with van der Waals surface area (Å²) in [6.45, 7) is 6.34. The summed E-state index contributed by atoms with van der Waals surface area (Å²) in [6, 6.07) is 7.65. The van der Waals surface area contributed by atoms with Gasteiger partial charge in [0.1, 0.15) is 0 Å². The molecule has 9 heteroatoms. The fourth-order valence-corrected chi connectivity index (χ4v) is 4.89. The number of amides is 1. The molecule has 0 saturated heterocycles. The van der Waals surface area contributed by atoms with Crippen molar-refractivity contribution in [1.29, 1.82) is 0 Å². The Morgan fingerprint density at radius 2 is 1.93 bits per heavy atom. The summed E-state index contributed by atoms with van der Waals surface area (Å²) in [5, 5.41) is 12.1. The molecule has 2 aromatic heterocycles. The summed E-state index contributed by atoms with van der Waals surface area (Å²) in [5.74, 6) is 0.793. The van der Waals surface area contributed by atoms with Crippen molar-refractivity contribution in [3.05, 3.63) is 63.8 Å². The van der Waals surface area contributed by atoms with Gasteiger partial charge in [-0.25, -0.2) is 0 Å². The number of halogens is 2. The Hall–Kier alpha value is -1.97. The molecule has 0 aliphatic rings. The summed E-state index contributed by atoms with van der Waals surface area (Å²) in [4.78, 5) is 16.5. The summed E-state index contributed by atoms with van der Waals surface area (Å²) >= 11 is 8.31. The number of nitrogens with zero attached hydrogens (tertiary/aromatic N) is 4. The van der Waals surface area contributed by atoms with Crippen molar-refractivity contribution >= 4 is 55.2 Å². The van der Waals surface area contributed by atoms with E-state index in [1.807, 2.05) is 35.8 Å². The quantitative estimate of drug-likeness (QED) is 0.345. The predicted octanol–water partition coefficient (Wildman–Crippen LogP) is 5.09. The number of thioether (sulfide) groups is 1. The van der Waals surface area contributed by atoms with Crippen LogP contribution in [0.25, 0.3) is 11.4 Å². The van der Waals surface area contributed by atoms with E-state index < -0.39 is 0 Å². The minimum absolute atomic E-state index is 0.131. The number of carbonyl (C=O) groups is 1. The van der Waals surface area contributed by atoms with Gasteiger partial charge in [0.05, 0.1) is 11.4 Å². The molecule has 0 saturated carbocycles. The van der Waals surface area contributed by atoms with Gasteiger partial charge in [0, 0.05) is 33.4 Å². The molecule has 6 nitrogen and oxygen atoms in total. The Morgan fingerprint density at radius 3 is 2.57 bits per heavy atom. The smallest absolute Gasteiger partial charge is 0.234 e. The summed E-state index contributed by atoms with van der Waals surface area (Å²) in [6.07, 6.45) is 5.19. The lowest BCUT2D eigenvalue weighted by atomic mass is 10.2. The van der Waals surface area contributed by atoms with Crippen LogP contribution < -0.4 is 5.32 Å². The normalized spacial score (nSPS) is 10.7. The topological polar surface area (TPSA) is 72.7 Å². The van der Waals surface area contributed by atoms with Gasteiger partial charge in [-0.1, -0.05) is 17.8 Å². The van der Waals surface area contributed by atoms with Crippen molar-refractivity contribution in [2.45, 2.75) is 18.6 Å². The standard InChI is InChI=1S/C19H17Br2N5OS/c1-3-8-26-18(13-4-6-22-7-5-13)24-25-19(26)28-11-16(27)23-17-14(20)9-12(2)10-15(17)21/h3-7,9-10H,1,8,11H2,2H3,(H,23,27). The molecule has 0 aliphatic carbocycles. The van der Waals surface area contributed by atoms with E-state index in [0.29, 0.717) is 23.2 Å². The monoisotopic (exact) mass is 521 g/mol. The first-order chi connectivity index (χ1) is 13.5. The molecule has 0 radical (unpaired) electrons. The van der Waals surface area contributed by atoms with E-state index in [1.165, 1.54) is 11.8 Å². The average Bonchev–Trinajstić information content (AvgIpc) is 3.07. The lowest BCUT2D eigenvalue weighted by molar-refractivity contribution is -0.113. The summed E-state index contributed by atoms with van der Waals surface area (Å²) in [7, 11) is 0. The van der Waals surface area contributed by atoms with Crippen LogP contribution in [0.15, 0.2) is 63.4 Å². The van der Waals surface area contributed by atoms with Gasteiger partial charge in [0.25, 0.3) is 0 Å². The van der Waals surface area contributed by atoms with Gasteiger partial charge >= 0.3 is 0 Å². The van der Waals surface area contributed by atoms with Crippen LogP contribution in [0.1, 0.15) is 5.56 Å². The third-order valence-corrected chi connectivity index (χ3v) is 5.97. The minimum Gasteiger partial charge on any atom is -0.323 e. The highest BCUT2D eigenvalue weighted by molar-refractivity contribution is 9.11. The van der Waals surface area contributed by atoms with Crippen molar-refractivity contribution < 1.29 is 4.79 Å². The fraction of sp³-hybridized carbons (Fsp3) is 0.158. The van der Waals surface area contributed by atoms with Crippen LogP contribution in [-0.2, 0) is 11.3 Å². The lowest BCUT2D eigenvalue weighted by Crippen LogP contribution is -2.15. The van der Waals surface area contributed by atoms with Crippen molar-refractivity contribution in [3.8, 4) is 11.4 Å². The number of pyridine rings is 1. The highest BCUT2D eigenvalue weighted by Crippen LogP contribution is 2.32. The maximum absolute atomic E-state index is 12.5. The molecule has 0 atom stereocenters. The second-order valence-electron chi connectivity index (χ2n) is 5.88. The highest BCUT2D eigenvalue weighted by Gasteiger charge is 2.16. The average molecular weight is 523 g/mol. The van der Waals surface area contributed by atoms with E-state index in [1.54, 1.807) is 18.5 Å². The molecule has 0 bridgehead atoms. The van der Waals surface area contributed by atoms with Crippen molar-refractivity contribution in [3.63, 3.8) is 0 Å². The van der Waals surface area contributed by atoms with E-state index >= 15 is 0 Å². The molecular formula is C19H17Br2N5OS. The van der Waals surface area contributed by atoms with Crippen LogP contribution in [0.2, 0.25) is 0 Å². The number of allylic oxidation sites excluding steroid dienone is 1. The fourth-order valence-electron chi connectivity index (χ4n) is 2.53. The van der Waals surface area contributed by atoms with E-state index in [2.05, 4.69) is 58.9 Å². The van der Waals surface area contributed by atoms with Gasteiger partial charge in [-0.3, -0.25) is 14.3 Å². The van der Waals surface area contributed by atoms with Crippen LogP contribution in [-0.4, -0.2) is 31.4 Å². The molecule has 2 heterocycles. The van der Waals surface area contributed by atoms with E-state index in [9.17, 15) is 4.79 Å².